The van der Waals surface area contributed by atoms with E-state index in [1.165, 1.54) is 35.1 Å². The van der Waals surface area contributed by atoms with E-state index < -0.39 is 0 Å². The molecule has 30 heavy (non-hydrogen) atoms. The van der Waals surface area contributed by atoms with Crippen molar-refractivity contribution in [3.63, 3.8) is 0 Å². The lowest BCUT2D eigenvalue weighted by Gasteiger charge is -2.36. The Balaban J connectivity index is 1.25. The molecule has 2 aromatic carbocycles. The summed E-state index contributed by atoms with van der Waals surface area (Å²) in [4.78, 5) is 16.7. The number of nitrogens with zero attached hydrogens (tertiary/aromatic N) is 4. The number of piperazine rings is 1. The summed E-state index contributed by atoms with van der Waals surface area (Å²) in [7, 11) is 0. The number of anilines is 1. The highest BCUT2D eigenvalue weighted by molar-refractivity contribution is 7.99. The first-order chi connectivity index (χ1) is 14.6. The minimum Gasteiger partial charge on any atom is -0.416 e. The topological polar surface area (TPSA) is 62.5 Å². The van der Waals surface area contributed by atoms with Crippen LogP contribution in [0.4, 0.5) is 10.1 Å². The largest absolute Gasteiger partial charge is 0.416 e. The molecule has 1 aliphatic heterocycles. The van der Waals surface area contributed by atoms with Crippen LogP contribution in [0.2, 0.25) is 0 Å². The molecule has 0 radical (unpaired) electrons. The monoisotopic (exact) mass is 426 g/mol. The fourth-order valence-electron chi connectivity index (χ4n) is 3.44. The standard InChI is InChI=1S/C22H23FN4O2S/c1-16-4-2-7-19(12-16)26-8-10-27(11-9-26)21(28)15-30-22-25-24-20(29-22)14-17-5-3-6-18(23)13-17/h2-7,12-13H,8-11,14-15H2,1H3. The number of aryl methyl sites for hydroxylation is 1. The summed E-state index contributed by atoms with van der Waals surface area (Å²) < 4.78 is 18.9. The molecule has 0 N–H and O–H groups in total. The molecule has 3 aromatic rings. The van der Waals surface area contributed by atoms with Crippen molar-refractivity contribution in [2.75, 3.05) is 36.8 Å². The molecule has 1 aromatic heterocycles. The molecule has 0 spiro atoms. The maximum Gasteiger partial charge on any atom is 0.277 e. The molecule has 0 aliphatic carbocycles. The molecule has 0 unspecified atom stereocenters. The van der Waals surface area contributed by atoms with Gasteiger partial charge in [0.2, 0.25) is 11.8 Å². The Bertz CT molecular complexity index is 1020. The quantitative estimate of drug-likeness (QED) is 0.562. The molecular formula is C22H23FN4O2S. The molecule has 1 fully saturated rings. The Morgan fingerprint density at radius 1 is 1.10 bits per heavy atom. The molecule has 1 saturated heterocycles. The van der Waals surface area contributed by atoms with Crippen LogP contribution in [0.15, 0.2) is 58.2 Å². The van der Waals surface area contributed by atoms with Gasteiger partial charge in [-0.1, -0.05) is 36.0 Å². The van der Waals surface area contributed by atoms with Gasteiger partial charge in [0.25, 0.3) is 5.22 Å². The minimum absolute atomic E-state index is 0.0637. The average molecular weight is 427 g/mol. The lowest BCUT2D eigenvalue weighted by molar-refractivity contribution is -0.128. The predicted octanol–water partition coefficient (Wildman–Crippen LogP) is 3.55. The Morgan fingerprint density at radius 2 is 1.90 bits per heavy atom. The minimum atomic E-state index is -0.297. The zero-order chi connectivity index (χ0) is 20.9. The van der Waals surface area contributed by atoms with Gasteiger partial charge in [0.05, 0.1) is 12.2 Å². The van der Waals surface area contributed by atoms with Gasteiger partial charge in [0.1, 0.15) is 5.82 Å². The van der Waals surface area contributed by atoms with E-state index in [2.05, 4.69) is 46.3 Å². The molecule has 0 bridgehead atoms. The molecule has 6 nitrogen and oxygen atoms in total. The third-order valence-corrected chi connectivity index (χ3v) is 5.81. The fourth-order valence-corrected chi connectivity index (χ4v) is 4.13. The number of halogens is 1. The summed E-state index contributed by atoms with van der Waals surface area (Å²) in [6.07, 6.45) is 0.361. The highest BCUT2D eigenvalue weighted by Crippen LogP contribution is 2.21. The number of amides is 1. The molecule has 1 amide bonds. The van der Waals surface area contributed by atoms with Gasteiger partial charge in [0.15, 0.2) is 0 Å². The SMILES string of the molecule is Cc1cccc(N2CCN(C(=O)CSc3nnc(Cc4cccc(F)c4)o3)CC2)c1. The maximum atomic E-state index is 13.3. The van der Waals surface area contributed by atoms with Crippen LogP contribution in [0.5, 0.6) is 0 Å². The van der Waals surface area contributed by atoms with Crippen LogP contribution in [-0.4, -0.2) is 52.9 Å². The normalized spacial score (nSPS) is 14.2. The molecule has 1 aliphatic rings. The molecular weight excluding hydrogens is 403 g/mol. The Hall–Kier alpha value is -2.87. The first kappa shape index (κ1) is 20.4. The van der Waals surface area contributed by atoms with E-state index in [1.54, 1.807) is 12.1 Å². The lowest BCUT2D eigenvalue weighted by atomic mass is 10.1. The third-order valence-electron chi connectivity index (χ3n) is 5.01. The van der Waals surface area contributed by atoms with Crippen LogP contribution in [0.1, 0.15) is 17.0 Å². The zero-order valence-corrected chi connectivity index (χ0v) is 17.6. The Morgan fingerprint density at radius 3 is 2.67 bits per heavy atom. The highest BCUT2D eigenvalue weighted by atomic mass is 32.2. The van der Waals surface area contributed by atoms with E-state index in [4.69, 9.17) is 4.42 Å². The lowest BCUT2D eigenvalue weighted by Crippen LogP contribution is -2.49. The second-order valence-corrected chi connectivity index (χ2v) is 8.19. The number of hydrogen-bond acceptors (Lipinski definition) is 6. The van der Waals surface area contributed by atoms with Crippen molar-refractivity contribution in [2.45, 2.75) is 18.6 Å². The van der Waals surface area contributed by atoms with Crippen molar-refractivity contribution in [3.8, 4) is 0 Å². The first-order valence-corrected chi connectivity index (χ1v) is 10.8. The number of benzene rings is 2. The number of thioether (sulfide) groups is 1. The summed E-state index contributed by atoms with van der Waals surface area (Å²) in [5.41, 5.74) is 3.20. The van der Waals surface area contributed by atoms with Gasteiger partial charge in [-0.05, 0) is 42.3 Å². The Kier molecular flexibility index (Phi) is 6.32. The van der Waals surface area contributed by atoms with Gasteiger partial charge in [-0.2, -0.15) is 0 Å². The molecule has 0 atom stereocenters. The summed E-state index contributed by atoms with van der Waals surface area (Å²) in [5, 5.41) is 8.33. The fraction of sp³-hybridized carbons (Fsp3) is 0.318. The van der Waals surface area contributed by atoms with E-state index >= 15 is 0 Å². The van der Waals surface area contributed by atoms with Crippen molar-refractivity contribution < 1.29 is 13.6 Å². The average Bonchev–Trinajstić information content (AvgIpc) is 3.19. The first-order valence-electron chi connectivity index (χ1n) is 9.86. The van der Waals surface area contributed by atoms with Crippen molar-refractivity contribution >= 4 is 23.4 Å². The number of carbonyl (C=O) groups excluding carboxylic acids is 1. The van der Waals surface area contributed by atoms with Crippen molar-refractivity contribution in [3.05, 3.63) is 71.4 Å². The van der Waals surface area contributed by atoms with Gasteiger partial charge in [-0.25, -0.2) is 4.39 Å². The smallest absolute Gasteiger partial charge is 0.277 e. The number of rotatable bonds is 6. The van der Waals surface area contributed by atoms with Crippen molar-refractivity contribution in [1.29, 1.82) is 0 Å². The molecule has 4 rings (SSSR count). The van der Waals surface area contributed by atoms with Crippen LogP contribution < -0.4 is 4.90 Å². The molecule has 156 valence electrons. The van der Waals surface area contributed by atoms with Gasteiger partial charge >= 0.3 is 0 Å². The predicted molar refractivity (Wildman–Crippen MR) is 114 cm³/mol. The van der Waals surface area contributed by atoms with E-state index in [1.807, 2.05) is 4.90 Å². The van der Waals surface area contributed by atoms with Crippen LogP contribution in [0.3, 0.4) is 0 Å². The number of aromatic nitrogens is 2. The van der Waals surface area contributed by atoms with Crippen LogP contribution in [0, 0.1) is 12.7 Å². The van der Waals surface area contributed by atoms with Crippen LogP contribution in [-0.2, 0) is 11.2 Å². The second kappa shape index (κ2) is 9.30. The van der Waals surface area contributed by atoms with Gasteiger partial charge < -0.3 is 14.2 Å². The van der Waals surface area contributed by atoms with E-state index in [-0.39, 0.29) is 17.5 Å². The van der Waals surface area contributed by atoms with Crippen molar-refractivity contribution in [2.24, 2.45) is 0 Å². The number of carbonyl (C=O) groups is 1. The van der Waals surface area contributed by atoms with Crippen molar-refractivity contribution in [1.82, 2.24) is 15.1 Å². The number of hydrogen-bond donors (Lipinski definition) is 0. The third kappa shape index (κ3) is 5.18. The summed E-state index contributed by atoms with van der Waals surface area (Å²) in [6.45, 7) is 5.11. The summed E-state index contributed by atoms with van der Waals surface area (Å²) in [6, 6.07) is 14.7. The van der Waals surface area contributed by atoms with E-state index in [9.17, 15) is 9.18 Å². The van der Waals surface area contributed by atoms with Crippen LogP contribution >= 0.6 is 11.8 Å². The van der Waals surface area contributed by atoms with Crippen LogP contribution in [0.25, 0.3) is 0 Å². The highest BCUT2D eigenvalue weighted by Gasteiger charge is 2.22. The van der Waals surface area contributed by atoms with Gasteiger partial charge in [-0.3, -0.25) is 4.79 Å². The van der Waals surface area contributed by atoms with E-state index in [0.717, 1.165) is 18.7 Å². The summed E-state index contributed by atoms with van der Waals surface area (Å²) >= 11 is 1.24. The molecule has 8 heteroatoms. The molecule has 2 heterocycles. The zero-order valence-electron chi connectivity index (χ0n) is 16.8. The van der Waals surface area contributed by atoms with Gasteiger partial charge in [-0.15, -0.1) is 10.2 Å². The molecule has 0 saturated carbocycles. The van der Waals surface area contributed by atoms with E-state index in [0.29, 0.717) is 30.6 Å². The van der Waals surface area contributed by atoms with Gasteiger partial charge in [0, 0.05) is 31.9 Å². The Labute approximate surface area is 179 Å². The second-order valence-electron chi connectivity index (χ2n) is 7.26. The summed E-state index contributed by atoms with van der Waals surface area (Å²) in [5.74, 6) is 0.428. The maximum absolute atomic E-state index is 13.3.